The maximum absolute atomic E-state index is 5.99. The molecule has 0 spiro atoms. The summed E-state index contributed by atoms with van der Waals surface area (Å²) in [6.45, 7) is 0. The van der Waals surface area contributed by atoms with Gasteiger partial charge in [-0.15, -0.1) is 0 Å². The van der Waals surface area contributed by atoms with E-state index >= 15 is 0 Å². The van der Waals surface area contributed by atoms with Crippen molar-refractivity contribution in [2.75, 3.05) is 0 Å². The molecule has 0 aliphatic heterocycles. The first-order valence-corrected chi connectivity index (χ1v) is 6.45. The first-order chi connectivity index (χ1) is 8.25. The lowest BCUT2D eigenvalue weighted by Crippen LogP contribution is -1.76. The van der Waals surface area contributed by atoms with Crippen LogP contribution in [0.3, 0.4) is 0 Å². The predicted octanol–water partition coefficient (Wildman–Crippen LogP) is 5.25. The molecule has 0 bridgehead atoms. The summed E-state index contributed by atoms with van der Waals surface area (Å²) in [5.74, 6) is 0. The van der Waals surface area contributed by atoms with E-state index in [2.05, 4.69) is 33.0 Å². The van der Waals surface area contributed by atoms with E-state index in [0.717, 1.165) is 31.7 Å². The zero-order valence-electron chi connectivity index (χ0n) is 8.87. The maximum Gasteiger partial charge on any atom is 0.0609 e. The number of hydrogen-bond donors (Lipinski definition) is 1. The van der Waals surface area contributed by atoms with E-state index in [1.54, 1.807) is 0 Å². The van der Waals surface area contributed by atoms with E-state index in [9.17, 15) is 0 Å². The van der Waals surface area contributed by atoms with E-state index in [1.165, 1.54) is 0 Å². The summed E-state index contributed by atoms with van der Waals surface area (Å²) in [4.78, 5) is 3.39. The van der Waals surface area contributed by atoms with Crippen LogP contribution in [0.5, 0.6) is 0 Å². The minimum absolute atomic E-state index is 0.742. The summed E-state index contributed by atoms with van der Waals surface area (Å²) in [7, 11) is 0. The van der Waals surface area contributed by atoms with Crippen LogP contribution in [0, 0.1) is 0 Å². The SMILES string of the molecule is Clc1ccc2c(Br)c(-c3ccccc3)[nH]c2c1. The van der Waals surface area contributed by atoms with Gasteiger partial charge < -0.3 is 4.98 Å². The van der Waals surface area contributed by atoms with Crippen LogP contribution in [0.1, 0.15) is 0 Å². The molecule has 0 saturated heterocycles. The molecule has 0 aliphatic carbocycles. The van der Waals surface area contributed by atoms with Crippen molar-refractivity contribution >= 4 is 38.4 Å². The van der Waals surface area contributed by atoms with Crippen LogP contribution in [0.25, 0.3) is 22.2 Å². The fourth-order valence-corrected chi connectivity index (χ4v) is 2.79. The Morgan fingerprint density at radius 1 is 1.00 bits per heavy atom. The van der Waals surface area contributed by atoms with Crippen molar-refractivity contribution in [3.8, 4) is 11.3 Å². The fourth-order valence-electron chi connectivity index (χ4n) is 1.94. The number of halogens is 2. The van der Waals surface area contributed by atoms with E-state index in [1.807, 2.05) is 36.4 Å². The third kappa shape index (κ3) is 1.88. The van der Waals surface area contributed by atoms with Crippen molar-refractivity contribution in [2.24, 2.45) is 0 Å². The molecule has 0 fully saturated rings. The minimum Gasteiger partial charge on any atom is -0.354 e. The zero-order chi connectivity index (χ0) is 11.8. The van der Waals surface area contributed by atoms with Crippen LogP contribution in [0.15, 0.2) is 53.0 Å². The van der Waals surface area contributed by atoms with Crippen LogP contribution in [0.4, 0.5) is 0 Å². The lowest BCUT2D eigenvalue weighted by Gasteiger charge is -1.97. The van der Waals surface area contributed by atoms with E-state index in [4.69, 9.17) is 11.6 Å². The molecule has 84 valence electrons. The summed E-state index contributed by atoms with van der Waals surface area (Å²) >= 11 is 9.63. The maximum atomic E-state index is 5.99. The smallest absolute Gasteiger partial charge is 0.0609 e. The lowest BCUT2D eigenvalue weighted by molar-refractivity contribution is 1.44. The molecule has 0 unspecified atom stereocenters. The van der Waals surface area contributed by atoms with Crippen LogP contribution in [-0.4, -0.2) is 4.98 Å². The van der Waals surface area contributed by atoms with Gasteiger partial charge in [0, 0.05) is 15.9 Å². The number of benzene rings is 2. The molecule has 1 nitrogen and oxygen atoms in total. The molecular formula is C14H9BrClN. The van der Waals surface area contributed by atoms with Crippen molar-refractivity contribution in [1.29, 1.82) is 0 Å². The molecule has 1 N–H and O–H groups in total. The van der Waals surface area contributed by atoms with Gasteiger partial charge in [0.1, 0.15) is 0 Å². The summed E-state index contributed by atoms with van der Waals surface area (Å²) in [6, 6.07) is 16.1. The Hall–Kier alpha value is -1.25. The molecule has 0 atom stereocenters. The molecule has 3 aromatic rings. The number of fused-ring (bicyclic) bond motifs is 1. The number of aromatic nitrogens is 1. The highest BCUT2D eigenvalue weighted by Gasteiger charge is 2.10. The third-order valence-corrected chi connectivity index (χ3v) is 3.82. The lowest BCUT2D eigenvalue weighted by atomic mass is 10.1. The highest BCUT2D eigenvalue weighted by atomic mass is 79.9. The molecule has 0 aliphatic rings. The highest BCUT2D eigenvalue weighted by molar-refractivity contribution is 9.10. The minimum atomic E-state index is 0.742. The standard InChI is InChI=1S/C14H9BrClN/c15-13-11-7-6-10(16)8-12(11)17-14(13)9-4-2-1-3-5-9/h1-8,17H. The molecule has 1 aromatic heterocycles. The summed E-state index contributed by atoms with van der Waals surface area (Å²) < 4.78 is 1.08. The van der Waals surface area contributed by atoms with Crippen LogP contribution in [-0.2, 0) is 0 Å². The predicted molar refractivity (Wildman–Crippen MR) is 76.4 cm³/mol. The molecular weight excluding hydrogens is 298 g/mol. The van der Waals surface area contributed by atoms with Crippen LogP contribution >= 0.6 is 27.5 Å². The van der Waals surface area contributed by atoms with Gasteiger partial charge in [-0.2, -0.15) is 0 Å². The normalized spacial score (nSPS) is 10.9. The summed E-state index contributed by atoms with van der Waals surface area (Å²) in [5, 5.41) is 1.89. The van der Waals surface area contributed by atoms with Gasteiger partial charge in [0.15, 0.2) is 0 Å². The Bertz CT molecular complexity index is 673. The molecule has 0 amide bonds. The second-order valence-electron chi connectivity index (χ2n) is 3.87. The van der Waals surface area contributed by atoms with Gasteiger partial charge in [-0.3, -0.25) is 0 Å². The van der Waals surface area contributed by atoms with Gasteiger partial charge >= 0.3 is 0 Å². The Morgan fingerprint density at radius 2 is 1.76 bits per heavy atom. The van der Waals surface area contributed by atoms with Gasteiger partial charge in [-0.25, -0.2) is 0 Å². The second-order valence-corrected chi connectivity index (χ2v) is 5.10. The summed E-state index contributed by atoms with van der Waals surface area (Å²) in [6.07, 6.45) is 0. The molecule has 17 heavy (non-hydrogen) atoms. The van der Waals surface area contributed by atoms with E-state index < -0.39 is 0 Å². The van der Waals surface area contributed by atoms with Crippen LogP contribution in [0.2, 0.25) is 5.02 Å². The molecule has 1 heterocycles. The molecule has 3 heteroatoms. The molecule has 3 rings (SSSR count). The molecule has 2 aromatic carbocycles. The molecule has 0 saturated carbocycles. The first-order valence-electron chi connectivity index (χ1n) is 5.28. The number of nitrogens with one attached hydrogen (secondary N) is 1. The highest BCUT2D eigenvalue weighted by Crippen LogP contribution is 2.35. The number of H-pyrrole nitrogens is 1. The van der Waals surface area contributed by atoms with Gasteiger partial charge in [0.25, 0.3) is 0 Å². The second kappa shape index (κ2) is 4.21. The number of hydrogen-bond acceptors (Lipinski definition) is 0. The van der Waals surface area contributed by atoms with Crippen LogP contribution < -0.4 is 0 Å². The van der Waals surface area contributed by atoms with Gasteiger partial charge in [-0.1, -0.05) is 48.0 Å². The number of aromatic amines is 1. The van der Waals surface area contributed by atoms with E-state index in [-0.39, 0.29) is 0 Å². The van der Waals surface area contributed by atoms with Crippen molar-refractivity contribution in [1.82, 2.24) is 4.98 Å². The topological polar surface area (TPSA) is 15.8 Å². The Labute approximate surface area is 113 Å². The van der Waals surface area contributed by atoms with Crippen molar-refractivity contribution < 1.29 is 0 Å². The monoisotopic (exact) mass is 305 g/mol. The summed E-state index contributed by atoms with van der Waals surface area (Å²) in [5.41, 5.74) is 3.29. The quantitative estimate of drug-likeness (QED) is 0.632. The van der Waals surface area contributed by atoms with Crippen molar-refractivity contribution in [2.45, 2.75) is 0 Å². The number of rotatable bonds is 1. The Kier molecular flexibility index (Phi) is 2.69. The average molecular weight is 307 g/mol. The average Bonchev–Trinajstić information content (AvgIpc) is 2.67. The van der Waals surface area contributed by atoms with Crippen molar-refractivity contribution in [3.05, 3.63) is 58.0 Å². The van der Waals surface area contributed by atoms with Gasteiger partial charge in [0.2, 0.25) is 0 Å². The largest absolute Gasteiger partial charge is 0.354 e. The first kappa shape index (κ1) is 10.9. The fraction of sp³-hybridized carbons (Fsp3) is 0. The molecule has 0 radical (unpaired) electrons. The Morgan fingerprint density at radius 3 is 2.53 bits per heavy atom. The van der Waals surface area contributed by atoms with Gasteiger partial charge in [-0.05, 0) is 33.6 Å². The zero-order valence-corrected chi connectivity index (χ0v) is 11.2. The Balaban J connectivity index is 2.28. The van der Waals surface area contributed by atoms with Gasteiger partial charge in [0.05, 0.1) is 10.2 Å². The van der Waals surface area contributed by atoms with Crippen molar-refractivity contribution in [3.63, 3.8) is 0 Å². The van der Waals surface area contributed by atoms with E-state index in [0.29, 0.717) is 0 Å². The third-order valence-electron chi connectivity index (χ3n) is 2.76.